The van der Waals surface area contributed by atoms with Crippen LogP contribution in [0.15, 0.2) is 41.1 Å². The summed E-state index contributed by atoms with van der Waals surface area (Å²) >= 11 is 0. The first-order chi connectivity index (χ1) is 6.40. The van der Waals surface area contributed by atoms with Gasteiger partial charge in [-0.05, 0) is 24.3 Å². The molecule has 1 aromatic carbocycles. The number of hydrogen-bond donors (Lipinski definition) is 0. The quantitative estimate of drug-likeness (QED) is 0.659. The van der Waals surface area contributed by atoms with Crippen molar-refractivity contribution in [3.05, 3.63) is 42.3 Å². The SMILES string of the molecule is N#Cc1ccc(-c2ncco2)cc1. The molecule has 0 atom stereocenters. The molecule has 0 radical (unpaired) electrons. The van der Waals surface area contributed by atoms with Gasteiger partial charge in [0.25, 0.3) is 0 Å². The van der Waals surface area contributed by atoms with Crippen molar-refractivity contribution < 1.29 is 4.42 Å². The molecule has 0 spiro atoms. The van der Waals surface area contributed by atoms with E-state index in [1.807, 2.05) is 18.2 Å². The molecule has 3 heteroatoms. The zero-order valence-corrected chi connectivity index (χ0v) is 6.77. The van der Waals surface area contributed by atoms with E-state index in [4.69, 9.17) is 9.68 Å². The minimum Gasteiger partial charge on any atom is -0.445 e. The Morgan fingerprint density at radius 2 is 2.00 bits per heavy atom. The highest BCUT2D eigenvalue weighted by molar-refractivity contribution is 5.54. The van der Waals surface area contributed by atoms with Crippen LogP contribution in [0, 0.1) is 11.3 Å². The van der Waals surface area contributed by atoms with Crippen LogP contribution in [-0.2, 0) is 0 Å². The van der Waals surface area contributed by atoms with Gasteiger partial charge in [0, 0.05) is 5.56 Å². The Morgan fingerprint density at radius 1 is 1.23 bits per heavy atom. The molecule has 0 saturated heterocycles. The largest absolute Gasteiger partial charge is 0.445 e. The molecule has 13 heavy (non-hydrogen) atoms. The van der Waals surface area contributed by atoms with Crippen LogP contribution in [0.1, 0.15) is 5.56 Å². The molecular weight excluding hydrogens is 164 g/mol. The van der Waals surface area contributed by atoms with Crippen LogP contribution in [0.2, 0.25) is 0 Å². The fourth-order valence-corrected chi connectivity index (χ4v) is 1.05. The van der Waals surface area contributed by atoms with E-state index in [1.54, 1.807) is 18.3 Å². The van der Waals surface area contributed by atoms with Crippen molar-refractivity contribution in [3.8, 4) is 17.5 Å². The fourth-order valence-electron chi connectivity index (χ4n) is 1.05. The molecule has 0 saturated carbocycles. The van der Waals surface area contributed by atoms with Crippen molar-refractivity contribution in [1.29, 1.82) is 5.26 Å². The summed E-state index contributed by atoms with van der Waals surface area (Å²) in [6, 6.07) is 9.14. The monoisotopic (exact) mass is 170 g/mol. The highest BCUT2D eigenvalue weighted by atomic mass is 16.3. The first-order valence-electron chi connectivity index (χ1n) is 3.80. The van der Waals surface area contributed by atoms with Gasteiger partial charge in [-0.25, -0.2) is 4.98 Å². The Bertz CT molecular complexity index is 423. The van der Waals surface area contributed by atoms with E-state index in [2.05, 4.69) is 4.98 Å². The second-order valence-electron chi connectivity index (χ2n) is 2.53. The zero-order valence-electron chi connectivity index (χ0n) is 6.77. The number of nitrogens with zero attached hydrogens (tertiary/aromatic N) is 2. The molecule has 2 rings (SSSR count). The summed E-state index contributed by atoms with van der Waals surface area (Å²) in [6.45, 7) is 0. The molecule has 1 heterocycles. The van der Waals surface area contributed by atoms with Crippen molar-refractivity contribution in [3.63, 3.8) is 0 Å². The summed E-state index contributed by atoms with van der Waals surface area (Å²) in [7, 11) is 0. The molecular formula is C10H6N2O. The Labute approximate surface area is 75.3 Å². The average molecular weight is 170 g/mol. The molecule has 0 amide bonds. The maximum Gasteiger partial charge on any atom is 0.225 e. The molecule has 62 valence electrons. The van der Waals surface area contributed by atoms with Gasteiger partial charge in [0.15, 0.2) is 0 Å². The van der Waals surface area contributed by atoms with Gasteiger partial charge in [-0.15, -0.1) is 0 Å². The van der Waals surface area contributed by atoms with Gasteiger partial charge < -0.3 is 4.42 Å². The van der Waals surface area contributed by atoms with E-state index >= 15 is 0 Å². The number of nitriles is 1. The fraction of sp³-hybridized carbons (Fsp3) is 0. The van der Waals surface area contributed by atoms with E-state index in [0.717, 1.165) is 5.56 Å². The maximum absolute atomic E-state index is 8.57. The van der Waals surface area contributed by atoms with Gasteiger partial charge in [-0.3, -0.25) is 0 Å². The number of aromatic nitrogens is 1. The number of hydrogen-bond acceptors (Lipinski definition) is 3. The molecule has 0 fully saturated rings. The lowest BCUT2D eigenvalue weighted by molar-refractivity contribution is 0.574. The van der Waals surface area contributed by atoms with Gasteiger partial charge >= 0.3 is 0 Å². The normalized spacial score (nSPS) is 9.46. The Kier molecular flexibility index (Phi) is 1.81. The van der Waals surface area contributed by atoms with Crippen LogP contribution in [0.25, 0.3) is 11.5 Å². The predicted molar refractivity (Wildman–Crippen MR) is 46.7 cm³/mol. The summed E-state index contributed by atoms with van der Waals surface area (Å²) < 4.78 is 5.10. The smallest absolute Gasteiger partial charge is 0.225 e. The van der Waals surface area contributed by atoms with E-state index in [0.29, 0.717) is 11.5 Å². The van der Waals surface area contributed by atoms with Crippen LogP contribution in [0.5, 0.6) is 0 Å². The van der Waals surface area contributed by atoms with E-state index in [1.165, 1.54) is 6.26 Å². The molecule has 2 aromatic rings. The molecule has 0 unspecified atom stereocenters. The summed E-state index contributed by atoms with van der Waals surface area (Å²) in [6.07, 6.45) is 3.11. The molecule has 0 aliphatic rings. The van der Waals surface area contributed by atoms with Crippen LogP contribution in [0.3, 0.4) is 0 Å². The van der Waals surface area contributed by atoms with E-state index < -0.39 is 0 Å². The summed E-state index contributed by atoms with van der Waals surface area (Å²) in [5.74, 6) is 0.574. The van der Waals surface area contributed by atoms with Gasteiger partial charge in [-0.2, -0.15) is 5.26 Å². The highest BCUT2D eigenvalue weighted by Crippen LogP contribution is 2.16. The second-order valence-corrected chi connectivity index (χ2v) is 2.53. The molecule has 0 aliphatic heterocycles. The zero-order chi connectivity index (χ0) is 9.10. The number of benzene rings is 1. The van der Waals surface area contributed by atoms with Crippen LogP contribution in [-0.4, -0.2) is 4.98 Å². The van der Waals surface area contributed by atoms with E-state index in [-0.39, 0.29) is 0 Å². The first kappa shape index (κ1) is 7.56. The van der Waals surface area contributed by atoms with Crippen molar-refractivity contribution in [2.24, 2.45) is 0 Å². The lowest BCUT2D eigenvalue weighted by Crippen LogP contribution is -1.77. The minimum atomic E-state index is 0.574. The van der Waals surface area contributed by atoms with Gasteiger partial charge in [-0.1, -0.05) is 0 Å². The summed E-state index contributed by atoms with van der Waals surface area (Å²) in [5.41, 5.74) is 1.51. The highest BCUT2D eigenvalue weighted by Gasteiger charge is 2.00. The van der Waals surface area contributed by atoms with Gasteiger partial charge in [0.1, 0.15) is 6.26 Å². The first-order valence-corrected chi connectivity index (χ1v) is 3.80. The Balaban J connectivity index is 2.40. The van der Waals surface area contributed by atoms with Gasteiger partial charge in [0.2, 0.25) is 5.89 Å². The molecule has 0 bridgehead atoms. The molecule has 3 nitrogen and oxygen atoms in total. The van der Waals surface area contributed by atoms with E-state index in [9.17, 15) is 0 Å². The summed E-state index contributed by atoms with van der Waals surface area (Å²) in [4.78, 5) is 3.99. The lowest BCUT2D eigenvalue weighted by Gasteiger charge is -1.93. The van der Waals surface area contributed by atoms with Crippen LogP contribution >= 0.6 is 0 Å². The maximum atomic E-state index is 8.57. The van der Waals surface area contributed by atoms with Crippen molar-refractivity contribution in [1.82, 2.24) is 4.98 Å². The predicted octanol–water partition coefficient (Wildman–Crippen LogP) is 2.21. The third kappa shape index (κ3) is 1.42. The average Bonchev–Trinajstić information content (AvgIpc) is 2.71. The lowest BCUT2D eigenvalue weighted by atomic mass is 10.1. The van der Waals surface area contributed by atoms with Crippen LogP contribution in [0.4, 0.5) is 0 Å². The molecule has 1 aromatic heterocycles. The second kappa shape index (κ2) is 3.11. The topological polar surface area (TPSA) is 49.8 Å². The number of rotatable bonds is 1. The van der Waals surface area contributed by atoms with Crippen LogP contribution < -0.4 is 0 Å². The van der Waals surface area contributed by atoms with Crippen molar-refractivity contribution in [2.45, 2.75) is 0 Å². The third-order valence-corrected chi connectivity index (χ3v) is 1.69. The Morgan fingerprint density at radius 3 is 2.54 bits per heavy atom. The summed E-state index contributed by atoms with van der Waals surface area (Å²) in [5, 5.41) is 8.57. The van der Waals surface area contributed by atoms with Crippen molar-refractivity contribution >= 4 is 0 Å². The number of oxazole rings is 1. The molecule has 0 aliphatic carbocycles. The standard InChI is InChI=1S/C10H6N2O/c11-7-8-1-3-9(4-2-8)10-12-5-6-13-10/h1-6H. The van der Waals surface area contributed by atoms with Crippen molar-refractivity contribution in [2.75, 3.05) is 0 Å². The minimum absolute atomic E-state index is 0.574. The third-order valence-electron chi connectivity index (χ3n) is 1.69. The molecule has 0 N–H and O–H groups in total. The Hall–Kier alpha value is -2.08. The van der Waals surface area contributed by atoms with Gasteiger partial charge in [0.05, 0.1) is 17.8 Å².